The molecule has 0 bridgehead atoms. The Morgan fingerprint density at radius 2 is 2.05 bits per heavy atom. The lowest BCUT2D eigenvalue weighted by molar-refractivity contribution is 0.240. The van der Waals surface area contributed by atoms with E-state index in [0.717, 1.165) is 37.3 Å². The summed E-state index contributed by atoms with van der Waals surface area (Å²) in [5.74, 6) is 0. The first-order valence-corrected chi connectivity index (χ1v) is 8.38. The van der Waals surface area contributed by atoms with E-state index in [1.54, 1.807) is 6.07 Å². The van der Waals surface area contributed by atoms with Crippen molar-refractivity contribution in [1.29, 1.82) is 0 Å². The third-order valence-corrected chi connectivity index (χ3v) is 6.29. The number of aryl methyl sites for hydroxylation is 1. The smallest absolute Gasteiger partial charge is 0.183 e. The summed E-state index contributed by atoms with van der Waals surface area (Å²) in [6, 6.07) is 5.69. The van der Waals surface area contributed by atoms with E-state index in [-0.39, 0.29) is 5.25 Å². The van der Waals surface area contributed by atoms with Gasteiger partial charge < -0.3 is 5.32 Å². The Morgan fingerprint density at radius 3 is 2.79 bits per heavy atom. The van der Waals surface area contributed by atoms with E-state index in [0.29, 0.717) is 17.9 Å². The van der Waals surface area contributed by atoms with E-state index in [1.807, 2.05) is 19.1 Å². The number of rotatable bonds is 2. The zero-order valence-electron chi connectivity index (χ0n) is 11.2. The van der Waals surface area contributed by atoms with Gasteiger partial charge in [-0.1, -0.05) is 17.7 Å². The number of nitrogens with one attached hydrogen (secondary N) is 1. The number of piperazine rings is 1. The van der Waals surface area contributed by atoms with Crippen LogP contribution in [0.5, 0.6) is 0 Å². The molecule has 0 aliphatic carbocycles. The molecule has 1 N–H and O–H groups in total. The number of nitrogens with zero attached hydrogens (tertiary/aromatic N) is 1. The number of hydrogen-bond acceptors (Lipinski definition) is 4. The Morgan fingerprint density at radius 1 is 1.32 bits per heavy atom. The largest absolute Gasteiger partial charge is 0.314 e. The van der Waals surface area contributed by atoms with E-state index in [2.05, 4.69) is 10.2 Å². The van der Waals surface area contributed by atoms with Gasteiger partial charge in [0.15, 0.2) is 9.84 Å². The van der Waals surface area contributed by atoms with Crippen LogP contribution in [0.25, 0.3) is 0 Å². The van der Waals surface area contributed by atoms with Gasteiger partial charge in [0.25, 0.3) is 0 Å². The third-order valence-electron chi connectivity index (χ3n) is 4.08. The van der Waals surface area contributed by atoms with Crippen LogP contribution in [-0.2, 0) is 16.3 Å². The Kier molecular flexibility index (Phi) is 3.37. The highest BCUT2D eigenvalue weighted by molar-refractivity contribution is 7.92. The lowest BCUT2D eigenvalue weighted by Gasteiger charge is -2.29. The van der Waals surface area contributed by atoms with Gasteiger partial charge in [0.2, 0.25) is 0 Å². The molecule has 1 atom stereocenters. The second-order valence-corrected chi connectivity index (χ2v) is 7.73. The fourth-order valence-electron chi connectivity index (χ4n) is 3.02. The molecule has 0 amide bonds. The lowest BCUT2D eigenvalue weighted by Crippen LogP contribution is -2.47. The molecule has 1 aromatic rings. The van der Waals surface area contributed by atoms with Crippen LogP contribution in [0.3, 0.4) is 0 Å². The first kappa shape index (κ1) is 13.1. The Labute approximate surface area is 114 Å². The van der Waals surface area contributed by atoms with Crippen molar-refractivity contribution in [2.45, 2.75) is 23.5 Å². The van der Waals surface area contributed by atoms with Gasteiger partial charge in [0.05, 0.1) is 10.1 Å². The van der Waals surface area contributed by atoms with Gasteiger partial charge in [-0.3, -0.25) is 4.90 Å². The van der Waals surface area contributed by atoms with Gasteiger partial charge in [0, 0.05) is 32.7 Å². The minimum atomic E-state index is -3.12. The monoisotopic (exact) mass is 280 g/mol. The van der Waals surface area contributed by atoms with Crippen LogP contribution in [0.1, 0.15) is 11.1 Å². The Hall–Kier alpha value is -0.910. The van der Waals surface area contributed by atoms with Gasteiger partial charge in [-0.05, 0) is 25.0 Å². The lowest BCUT2D eigenvalue weighted by atomic mass is 10.1. The predicted molar refractivity (Wildman–Crippen MR) is 75.2 cm³/mol. The summed E-state index contributed by atoms with van der Waals surface area (Å²) in [6.45, 7) is 6.48. The molecule has 19 heavy (non-hydrogen) atoms. The van der Waals surface area contributed by atoms with Crippen molar-refractivity contribution in [2.24, 2.45) is 0 Å². The second kappa shape index (κ2) is 4.89. The molecule has 2 aliphatic heterocycles. The van der Waals surface area contributed by atoms with Gasteiger partial charge in [-0.25, -0.2) is 8.42 Å². The highest BCUT2D eigenvalue weighted by Crippen LogP contribution is 2.32. The minimum absolute atomic E-state index is 0.262. The number of benzene rings is 1. The van der Waals surface area contributed by atoms with Crippen molar-refractivity contribution in [2.75, 3.05) is 32.7 Å². The quantitative estimate of drug-likeness (QED) is 0.862. The van der Waals surface area contributed by atoms with Crippen LogP contribution >= 0.6 is 0 Å². The molecule has 0 aromatic heterocycles. The molecular weight excluding hydrogens is 260 g/mol. The van der Waals surface area contributed by atoms with Crippen molar-refractivity contribution < 1.29 is 8.42 Å². The zero-order valence-corrected chi connectivity index (χ0v) is 12.0. The first-order valence-electron chi connectivity index (χ1n) is 6.84. The highest BCUT2D eigenvalue weighted by atomic mass is 32.2. The van der Waals surface area contributed by atoms with Gasteiger partial charge in [-0.2, -0.15) is 0 Å². The molecule has 2 aliphatic rings. The van der Waals surface area contributed by atoms with Crippen molar-refractivity contribution >= 4 is 9.84 Å². The molecule has 5 heteroatoms. The van der Waals surface area contributed by atoms with Gasteiger partial charge in [0.1, 0.15) is 0 Å². The number of sulfone groups is 1. The van der Waals surface area contributed by atoms with Crippen molar-refractivity contribution in [1.82, 2.24) is 10.2 Å². The molecule has 2 heterocycles. The number of fused-ring (bicyclic) bond motifs is 1. The molecule has 4 nitrogen and oxygen atoms in total. The molecule has 1 saturated heterocycles. The Balaban J connectivity index is 1.82. The molecule has 1 unspecified atom stereocenters. The SMILES string of the molecule is Cc1ccc2c(c1)CC(CN1CCNCC1)S2(=O)=O. The minimum Gasteiger partial charge on any atom is -0.314 e. The molecule has 1 aromatic carbocycles. The van der Waals surface area contributed by atoms with Crippen LogP contribution in [0, 0.1) is 6.92 Å². The molecule has 1 fully saturated rings. The maximum Gasteiger partial charge on any atom is 0.183 e. The maximum absolute atomic E-state index is 12.5. The van der Waals surface area contributed by atoms with Crippen LogP contribution in [0.2, 0.25) is 0 Å². The summed E-state index contributed by atoms with van der Waals surface area (Å²) in [6.07, 6.45) is 0.670. The van der Waals surface area contributed by atoms with Gasteiger partial charge in [-0.15, -0.1) is 0 Å². The summed E-state index contributed by atoms with van der Waals surface area (Å²) in [5.41, 5.74) is 2.14. The average Bonchev–Trinajstić information content (AvgIpc) is 2.62. The summed E-state index contributed by atoms with van der Waals surface area (Å²) in [4.78, 5) is 2.82. The summed E-state index contributed by atoms with van der Waals surface area (Å²) in [5, 5.41) is 3.03. The maximum atomic E-state index is 12.5. The van der Waals surface area contributed by atoms with E-state index < -0.39 is 9.84 Å². The van der Waals surface area contributed by atoms with Crippen LogP contribution < -0.4 is 5.32 Å². The summed E-state index contributed by atoms with van der Waals surface area (Å²) in [7, 11) is -3.12. The molecule has 3 rings (SSSR count). The number of hydrogen-bond donors (Lipinski definition) is 1. The topological polar surface area (TPSA) is 49.4 Å². The third kappa shape index (κ3) is 2.42. The average molecular weight is 280 g/mol. The van der Waals surface area contributed by atoms with Crippen molar-refractivity contribution in [3.05, 3.63) is 29.3 Å². The fraction of sp³-hybridized carbons (Fsp3) is 0.571. The molecule has 0 saturated carbocycles. The van der Waals surface area contributed by atoms with E-state index in [1.165, 1.54) is 0 Å². The van der Waals surface area contributed by atoms with E-state index in [4.69, 9.17) is 0 Å². The highest BCUT2D eigenvalue weighted by Gasteiger charge is 2.37. The molecule has 0 radical (unpaired) electrons. The van der Waals surface area contributed by atoms with E-state index in [9.17, 15) is 8.42 Å². The summed E-state index contributed by atoms with van der Waals surface area (Å²) < 4.78 is 25.1. The Bertz CT molecular complexity index is 577. The van der Waals surface area contributed by atoms with Crippen LogP contribution in [-0.4, -0.2) is 51.3 Å². The molecule has 104 valence electrons. The van der Waals surface area contributed by atoms with Crippen molar-refractivity contribution in [3.63, 3.8) is 0 Å². The summed E-state index contributed by atoms with van der Waals surface area (Å²) >= 11 is 0. The predicted octanol–water partition coefficient (Wildman–Crippen LogP) is 0.599. The molecule has 0 spiro atoms. The normalized spacial score (nSPS) is 26.3. The standard InChI is InChI=1S/C14H20N2O2S/c1-11-2-3-14-12(8-11)9-13(19(14,17)18)10-16-6-4-15-5-7-16/h2-3,8,13,15H,4-7,9-10H2,1H3. The van der Waals surface area contributed by atoms with Crippen molar-refractivity contribution in [3.8, 4) is 0 Å². The van der Waals surface area contributed by atoms with Gasteiger partial charge >= 0.3 is 0 Å². The van der Waals surface area contributed by atoms with Crippen LogP contribution in [0.15, 0.2) is 23.1 Å². The molecular formula is C14H20N2O2S. The fourth-order valence-corrected chi connectivity index (χ4v) is 4.95. The zero-order chi connectivity index (χ0) is 13.5. The van der Waals surface area contributed by atoms with Crippen LogP contribution in [0.4, 0.5) is 0 Å². The second-order valence-electron chi connectivity index (χ2n) is 5.53. The van der Waals surface area contributed by atoms with E-state index >= 15 is 0 Å². The first-order chi connectivity index (χ1) is 9.07.